The smallest absolute Gasteiger partial charge is 0.320 e. The fraction of sp³-hybridized carbons (Fsp3) is 0.857. The van der Waals surface area contributed by atoms with Crippen molar-refractivity contribution in [3.8, 4) is 0 Å². The van der Waals surface area contributed by atoms with E-state index in [2.05, 4.69) is 6.26 Å². The number of hydrogen-bond acceptors (Lipinski definition) is 3. The number of urea groups is 1. The second-order valence-electron chi connectivity index (χ2n) is 5.31. The maximum atomic E-state index is 12.5. The first-order valence-corrected chi connectivity index (χ1v) is 8.44. The van der Waals surface area contributed by atoms with Gasteiger partial charge in [-0.25, -0.2) is 4.79 Å². The molecular weight excluding hydrogens is 276 g/mol. The van der Waals surface area contributed by atoms with E-state index in [1.807, 2.05) is 27.8 Å². The van der Waals surface area contributed by atoms with Gasteiger partial charge >= 0.3 is 12.0 Å². The van der Waals surface area contributed by atoms with Crippen molar-refractivity contribution in [3.63, 3.8) is 0 Å². The minimum Gasteiger partial charge on any atom is -0.481 e. The van der Waals surface area contributed by atoms with Crippen LogP contribution in [-0.4, -0.2) is 64.6 Å². The van der Waals surface area contributed by atoms with Crippen LogP contribution >= 0.6 is 11.8 Å². The van der Waals surface area contributed by atoms with Gasteiger partial charge in [-0.05, 0) is 45.6 Å². The number of aliphatic carboxylic acids is 1. The lowest BCUT2D eigenvalue weighted by Crippen LogP contribution is -2.48. The summed E-state index contributed by atoms with van der Waals surface area (Å²) < 4.78 is 0. The summed E-state index contributed by atoms with van der Waals surface area (Å²) in [6.45, 7) is 6.45. The van der Waals surface area contributed by atoms with Crippen LogP contribution < -0.4 is 0 Å². The number of carbonyl (C=O) groups excluding carboxylic acids is 1. The van der Waals surface area contributed by atoms with E-state index in [0.717, 1.165) is 12.2 Å². The van der Waals surface area contributed by atoms with Gasteiger partial charge in [-0.1, -0.05) is 0 Å². The molecule has 0 saturated carbocycles. The molecule has 1 N–H and O–H groups in total. The van der Waals surface area contributed by atoms with Crippen molar-refractivity contribution in [2.75, 3.05) is 25.6 Å². The number of carboxylic acid groups (broad SMARTS) is 1. The number of amides is 2. The van der Waals surface area contributed by atoms with E-state index in [-0.39, 0.29) is 24.5 Å². The number of carbonyl (C=O) groups is 2. The molecule has 0 rings (SSSR count). The number of nitrogens with zero attached hydrogens (tertiary/aromatic N) is 2. The predicted octanol–water partition coefficient (Wildman–Crippen LogP) is 2.76. The first-order chi connectivity index (χ1) is 9.31. The first kappa shape index (κ1) is 19.1. The Hall–Kier alpha value is -0.910. The molecule has 0 heterocycles. The molecule has 118 valence electrons. The van der Waals surface area contributed by atoms with Crippen LogP contribution in [0.1, 0.15) is 40.0 Å². The highest BCUT2D eigenvalue weighted by Crippen LogP contribution is 2.12. The van der Waals surface area contributed by atoms with E-state index in [0.29, 0.717) is 13.0 Å². The Balaban J connectivity index is 4.50. The third-order valence-electron chi connectivity index (χ3n) is 3.36. The molecule has 6 heteroatoms. The molecule has 20 heavy (non-hydrogen) atoms. The van der Waals surface area contributed by atoms with Crippen molar-refractivity contribution in [3.05, 3.63) is 0 Å². The molecule has 0 bridgehead atoms. The maximum absolute atomic E-state index is 12.5. The van der Waals surface area contributed by atoms with Crippen LogP contribution in [0.5, 0.6) is 0 Å². The third-order valence-corrected chi connectivity index (χ3v) is 4.01. The Bertz CT molecular complexity index is 311. The third kappa shape index (κ3) is 7.03. The average Bonchev–Trinajstić information content (AvgIpc) is 2.38. The second kappa shape index (κ2) is 9.91. The summed E-state index contributed by atoms with van der Waals surface area (Å²) in [5.74, 6) is 0.210. The maximum Gasteiger partial charge on any atom is 0.320 e. The number of carboxylic acids is 1. The van der Waals surface area contributed by atoms with Gasteiger partial charge in [0.05, 0.1) is 0 Å². The van der Waals surface area contributed by atoms with Gasteiger partial charge in [-0.3, -0.25) is 4.79 Å². The Morgan fingerprint density at radius 1 is 1.25 bits per heavy atom. The Labute approximate surface area is 126 Å². The molecule has 0 spiro atoms. The molecule has 0 aliphatic heterocycles. The number of hydrogen-bond donors (Lipinski definition) is 1. The van der Waals surface area contributed by atoms with Crippen molar-refractivity contribution in [1.82, 2.24) is 9.80 Å². The zero-order valence-corrected chi connectivity index (χ0v) is 14.1. The van der Waals surface area contributed by atoms with Crippen molar-refractivity contribution < 1.29 is 14.7 Å². The molecule has 2 amide bonds. The molecule has 0 aromatic heterocycles. The lowest BCUT2D eigenvalue weighted by molar-refractivity contribution is -0.137. The van der Waals surface area contributed by atoms with E-state index in [9.17, 15) is 9.59 Å². The Morgan fingerprint density at radius 2 is 1.85 bits per heavy atom. The van der Waals surface area contributed by atoms with Crippen LogP contribution in [0, 0.1) is 0 Å². The topological polar surface area (TPSA) is 60.9 Å². The molecule has 1 unspecified atom stereocenters. The van der Waals surface area contributed by atoms with E-state index in [1.165, 1.54) is 0 Å². The molecule has 0 saturated heterocycles. The summed E-state index contributed by atoms with van der Waals surface area (Å²) in [4.78, 5) is 26.5. The highest BCUT2D eigenvalue weighted by atomic mass is 32.2. The summed E-state index contributed by atoms with van der Waals surface area (Å²) in [5, 5.41) is 8.68. The quantitative estimate of drug-likeness (QED) is 0.711. The van der Waals surface area contributed by atoms with Gasteiger partial charge < -0.3 is 14.9 Å². The van der Waals surface area contributed by atoms with Crippen molar-refractivity contribution in [2.24, 2.45) is 0 Å². The Morgan fingerprint density at radius 3 is 2.30 bits per heavy atom. The number of thioether (sulfide) groups is 1. The molecule has 0 aromatic rings. The van der Waals surface area contributed by atoms with Crippen molar-refractivity contribution in [2.45, 2.75) is 52.1 Å². The summed E-state index contributed by atoms with van der Waals surface area (Å²) in [5.41, 5.74) is 0. The van der Waals surface area contributed by atoms with Gasteiger partial charge in [0.2, 0.25) is 0 Å². The van der Waals surface area contributed by atoms with Gasteiger partial charge in [0.15, 0.2) is 0 Å². The molecule has 0 aliphatic rings. The average molecular weight is 304 g/mol. The van der Waals surface area contributed by atoms with Gasteiger partial charge in [0, 0.05) is 32.1 Å². The van der Waals surface area contributed by atoms with Crippen LogP contribution in [0.2, 0.25) is 0 Å². The molecule has 5 nitrogen and oxygen atoms in total. The largest absolute Gasteiger partial charge is 0.481 e. The van der Waals surface area contributed by atoms with E-state index in [1.54, 1.807) is 21.6 Å². The lowest BCUT2D eigenvalue weighted by atomic mass is 10.2. The minimum absolute atomic E-state index is 0.0148. The standard InChI is InChI=1S/C14H28N2O3S/c1-11(2)16(9-6-7-13(17)18)14(19)15(4)12(3)8-10-20-5/h11-12H,6-10H2,1-5H3,(H,17,18). The van der Waals surface area contributed by atoms with E-state index in [4.69, 9.17) is 5.11 Å². The Kier molecular flexibility index (Phi) is 9.46. The van der Waals surface area contributed by atoms with Gasteiger partial charge in [0.25, 0.3) is 0 Å². The van der Waals surface area contributed by atoms with Crippen molar-refractivity contribution in [1.29, 1.82) is 0 Å². The molecular formula is C14H28N2O3S. The summed E-state index contributed by atoms with van der Waals surface area (Å²) in [6, 6.07) is 0.251. The highest BCUT2D eigenvalue weighted by molar-refractivity contribution is 7.98. The fourth-order valence-corrected chi connectivity index (χ4v) is 2.43. The van der Waals surface area contributed by atoms with Gasteiger partial charge in [-0.2, -0.15) is 11.8 Å². The molecule has 0 fully saturated rings. The molecule has 0 aliphatic carbocycles. The second-order valence-corrected chi connectivity index (χ2v) is 6.29. The van der Waals surface area contributed by atoms with Crippen molar-refractivity contribution >= 4 is 23.8 Å². The fourth-order valence-electron chi connectivity index (χ4n) is 1.85. The van der Waals surface area contributed by atoms with Crippen LogP contribution in [0.25, 0.3) is 0 Å². The van der Waals surface area contributed by atoms with Crippen LogP contribution in [-0.2, 0) is 4.79 Å². The van der Waals surface area contributed by atoms with Gasteiger partial charge in [-0.15, -0.1) is 0 Å². The normalized spacial score (nSPS) is 12.3. The lowest BCUT2D eigenvalue weighted by Gasteiger charge is -2.34. The highest BCUT2D eigenvalue weighted by Gasteiger charge is 2.23. The summed E-state index contributed by atoms with van der Waals surface area (Å²) in [7, 11) is 1.82. The van der Waals surface area contributed by atoms with Gasteiger partial charge in [0.1, 0.15) is 0 Å². The van der Waals surface area contributed by atoms with Crippen LogP contribution in [0.4, 0.5) is 4.79 Å². The molecule has 0 radical (unpaired) electrons. The predicted molar refractivity (Wildman–Crippen MR) is 84.3 cm³/mol. The zero-order valence-electron chi connectivity index (χ0n) is 13.3. The molecule has 1 atom stereocenters. The number of rotatable bonds is 9. The summed E-state index contributed by atoms with van der Waals surface area (Å²) >= 11 is 1.77. The van der Waals surface area contributed by atoms with E-state index < -0.39 is 5.97 Å². The first-order valence-electron chi connectivity index (χ1n) is 7.05. The summed E-state index contributed by atoms with van der Waals surface area (Å²) in [6.07, 6.45) is 3.61. The zero-order chi connectivity index (χ0) is 15.7. The van der Waals surface area contributed by atoms with Crippen LogP contribution in [0.3, 0.4) is 0 Å². The van der Waals surface area contributed by atoms with Crippen LogP contribution in [0.15, 0.2) is 0 Å². The molecule has 0 aromatic carbocycles. The minimum atomic E-state index is -0.817. The van der Waals surface area contributed by atoms with E-state index >= 15 is 0 Å². The SMILES string of the molecule is CSCCC(C)N(C)C(=O)N(CCCC(=O)O)C(C)C. The monoisotopic (exact) mass is 304 g/mol.